The van der Waals surface area contributed by atoms with Gasteiger partial charge in [-0.1, -0.05) is 18.2 Å². The number of amides is 6. The fraction of sp³-hybridized carbons (Fsp3) is 0.244. The predicted molar refractivity (Wildman–Crippen MR) is 230 cm³/mol. The number of piperazine rings is 1. The van der Waals surface area contributed by atoms with E-state index in [1.807, 2.05) is 11.0 Å². The van der Waals surface area contributed by atoms with Crippen LogP contribution in [0, 0.1) is 17.1 Å². The second kappa shape index (κ2) is 18.5. The van der Waals surface area contributed by atoms with Crippen LogP contribution in [0.2, 0.25) is 0 Å². The Kier molecular flexibility index (Phi) is 12.3. The van der Waals surface area contributed by atoms with Gasteiger partial charge in [-0.25, -0.2) is 14.4 Å². The number of carbonyl (C=O) groups excluding carboxylic acids is 6. The number of hydrogen-bond donors (Lipinski definition) is 4. The van der Waals surface area contributed by atoms with E-state index in [9.17, 15) is 38.4 Å². The standard InChI is InChI=1S/C45H40FN11O7/c1-64-36-7-3-5-30(46)40(36)41-51-15-13-33(52-41)42(60)53-31-9-8-26(29-24-48-14-12-27(29)23-47)22-35(31)56-20-18-55(19-21-56)25-38(59)50-17-16-49-32-6-2-4-28-39(32)45(63)57(44(28)62)34-10-11-37(58)54-43(34)61/h2-9,12-15,22,24,34,49H,10-11,16-21,25H2,1H3,(H,50,59)(H,53,60)(H,54,58,61). The van der Waals surface area contributed by atoms with Crippen LogP contribution in [-0.4, -0.2) is 119 Å². The van der Waals surface area contributed by atoms with Crippen LogP contribution in [0.1, 0.15) is 49.6 Å². The van der Waals surface area contributed by atoms with E-state index in [2.05, 4.69) is 47.2 Å². The summed E-state index contributed by atoms with van der Waals surface area (Å²) in [4.78, 5) is 95.3. The first-order chi connectivity index (χ1) is 31.0. The Hall–Kier alpha value is -8.11. The molecule has 0 radical (unpaired) electrons. The van der Waals surface area contributed by atoms with E-state index in [1.54, 1.807) is 42.6 Å². The number of nitriles is 1. The highest BCUT2D eigenvalue weighted by molar-refractivity contribution is 6.25. The molecule has 0 spiro atoms. The lowest BCUT2D eigenvalue weighted by Crippen LogP contribution is -2.54. The second-order valence-corrected chi connectivity index (χ2v) is 15.0. The Morgan fingerprint density at radius 2 is 1.73 bits per heavy atom. The van der Waals surface area contributed by atoms with Crippen molar-refractivity contribution < 1.29 is 37.9 Å². The Balaban J connectivity index is 0.901. The number of anilines is 3. The van der Waals surface area contributed by atoms with E-state index in [0.717, 1.165) is 4.90 Å². The van der Waals surface area contributed by atoms with Gasteiger partial charge in [0.05, 0.1) is 53.4 Å². The Morgan fingerprint density at radius 1 is 0.922 bits per heavy atom. The molecule has 3 aromatic carbocycles. The average molecular weight is 866 g/mol. The zero-order valence-corrected chi connectivity index (χ0v) is 34.4. The number of methoxy groups -OCH3 is 1. The van der Waals surface area contributed by atoms with Gasteiger partial charge in [0.15, 0.2) is 5.82 Å². The number of nitrogens with zero attached hydrogens (tertiary/aromatic N) is 7. The zero-order chi connectivity index (χ0) is 44.9. The summed E-state index contributed by atoms with van der Waals surface area (Å²) in [6, 6.07) is 18.6. The smallest absolute Gasteiger partial charge is 0.274 e. The molecule has 3 aliphatic heterocycles. The second-order valence-electron chi connectivity index (χ2n) is 15.0. The fourth-order valence-corrected chi connectivity index (χ4v) is 7.94. The quantitative estimate of drug-likeness (QED) is 0.0984. The van der Waals surface area contributed by atoms with E-state index in [0.29, 0.717) is 59.9 Å². The summed E-state index contributed by atoms with van der Waals surface area (Å²) in [6.45, 7) is 2.50. The third-order valence-electron chi connectivity index (χ3n) is 11.1. The topological polar surface area (TPSA) is 232 Å². The summed E-state index contributed by atoms with van der Waals surface area (Å²) >= 11 is 0. The molecule has 5 heterocycles. The van der Waals surface area contributed by atoms with Crippen molar-refractivity contribution >= 4 is 52.5 Å². The maximum Gasteiger partial charge on any atom is 0.274 e. The van der Waals surface area contributed by atoms with Gasteiger partial charge in [-0.3, -0.25) is 48.9 Å². The van der Waals surface area contributed by atoms with E-state index >= 15 is 0 Å². The minimum Gasteiger partial charge on any atom is -0.496 e. The maximum absolute atomic E-state index is 14.9. The number of piperidine rings is 1. The number of nitrogens with one attached hydrogen (secondary N) is 4. The minimum absolute atomic E-state index is 0.0110. The van der Waals surface area contributed by atoms with Crippen molar-refractivity contribution in [3.05, 3.63) is 114 Å². The number of rotatable bonds is 13. The lowest BCUT2D eigenvalue weighted by Gasteiger charge is -2.36. The zero-order valence-electron chi connectivity index (χ0n) is 34.4. The highest BCUT2D eigenvalue weighted by Crippen LogP contribution is 2.35. The monoisotopic (exact) mass is 865 g/mol. The number of aromatic nitrogens is 3. The molecule has 1 atom stereocenters. The van der Waals surface area contributed by atoms with Crippen molar-refractivity contribution in [2.24, 2.45) is 0 Å². The van der Waals surface area contributed by atoms with Gasteiger partial charge in [-0.15, -0.1) is 0 Å². The first-order valence-electron chi connectivity index (χ1n) is 20.3. The maximum atomic E-state index is 14.9. The van der Waals surface area contributed by atoms with Crippen LogP contribution < -0.4 is 30.9 Å². The molecule has 64 heavy (non-hydrogen) atoms. The van der Waals surface area contributed by atoms with Crippen molar-refractivity contribution in [3.8, 4) is 34.3 Å². The molecule has 5 aromatic rings. The Morgan fingerprint density at radius 3 is 2.52 bits per heavy atom. The van der Waals surface area contributed by atoms with E-state index in [4.69, 9.17) is 4.74 Å². The van der Waals surface area contributed by atoms with Gasteiger partial charge in [0.25, 0.3) is 17.7 Å². The summed E-state index contributed by atoms with van der Waals surface area (Å²) in [6.07, 6.45) is 4.57. The van der Waals surface area contributed by atoms with Crippen LogP contribution in [0.15, 0.2) is 85.3 Å². The number of imide groups is 2. The van der Waals surface area contributed by atoms with Crippen molar-refractivity contribution in [2.45, 2.75) is 18.9 Å². The summed E-state index contributed by atoms with van der Waals surface area (Å²) in [7, 11) is 1.40. The highest BCUT2D eigenvalue weighted by atomic mass is 19.1. The molecule has 6 amide bonds. The largest absolute Gasteiger partial charge is 0.496 e. The molecule has 3 aliphatic rings. The molecule has 2 fully saturated rings. The number of benzene rings is 3. The predicted octanol–water partition coefficient (Wildman–Crippen LogP) is 3.23. The van der Waals surface area contributed by atoms with Gasteiger partial charge in [0.2, 0.25) is 17.7 Å². The van der Waals surface area contributed by atoms with Crippen molar-refractivity contribution in [2.75, 3.05) is 68.5 Å². The van der Waals surface area contributed by atoms with Crippen LogP contribution in [0.5, 0.6) is 5.75 Å². The van der Waals surface area contributed by atoms with Crippen molar-refractivity contribution in [1.82, 2.24) is 35.4 Å². The normalized spacial score (nSPS) is 16.2. The minimum atomic E-state index is -1.08. The Labute approximate surface area is 365 Å². The molecule has 0 saturated carbocycles. The molecule has 2 aromatic heterocycles. The third-order valence-corrected chi connectivity index (χ3v) is 11.1. The molecule has 1 unspecified atom stereocenters. The third kappa shape index (κ3) is 8.67. The van der Waals surface area contributed by atoms with Gasteiger partial charge in [-0.05, 0) is 60.5 Å². The van der Waals surface area contributed by atoms with Crippen LogP contribution >= 0.6 is 0 Å². The summed E-state index contributed by atoms with van der Waals surface area (Å²) in [5.74, 6) is -3.60. The average Bonchev–Trinajstić information content (AvgIpc) is 3.56. The molecule has 0 aliphatic carbocycles. The Bertz CT molecular complexity index is 2750. The molecule has 19 heteroatoms. The first-order valence-corrected chi connectivity index (χ1v) is 20.3. The number of pyridine rings is 1. The van der Waals surface area contributed by atoms with Gasteiger partial charge < -0.3 is 25.6 Å². The number of carbonyl (C=O) groups is 6. The number of fused-ring (bicyclic) bond motifs is 1. The molecule has 8 rings (SSSR count). The first kappa shape index (κ1) is 42.6. The number of ether oxygens (including phenoxy) is 1. The number of halogens is 1. The van der Waals surface area contributed by atoms with Gasteiger partial charge in [0.1, 0.15) is 23.3 Å². The molecule has 0 bridgehead atoms. The molecule has 18 nitrogen and oxygen atoms in total. The lowest BCUT2D eigenvalue weighted by molar-refractivity contribution is -0.136. The van der Waals surface area contributed by atoms with Crippen molar-refractivity contribution in [3.63, 3.8) is 0 Å². The van der Waals surface area contributed by atoms with E-state index in [-0.39, 0.29) is 72.3 Å². The van der Waals surface area contributed by atoms with Crippen LogP contribution in [0.4, 0.5) is 21.5 Å². The van der Waals surface area contributed by atoms with Gasteiger partial charge in [0, 0.05) is 75.5 Å². The number of hydrogen-bond acceptors (Lipinski definition) is 14. The molecular weight excluding hydrogens is 826 g/mol. The van der Waals surface area contributed by atoms with E-state index in [1.165, 1.54) is 43.8 Å². The molecule has 4 N–H and O–H groups in total. The molecular formula is C45H40FN11O7. The van der Waals surface area contributed by atoms with E-state index < -0.39 is 41.4 Å². The summed E-state index contributed by atoms with van der Waals surface area (Å²) in [5.41, 5.74) is 3.52. The van der Waals surface area contributed by atoms with Crippen molar-refractivity contribution in [1.29, 1.82) is 5.26 Å². The van der Waals surface area contributed by atoms with Gasteiger partial charge in [-0.2, -0.15) is 5.26 Å². The van der Waals surface area contributed by atoms with Crippen LogP contribution in [0.3, 0.4) is 0 Å². The highest BCUT2D eigenvalue weighted by Gasteiger charge is 2.45. The summed E-state index contributed by atoms with van der Waals surface area (Å²) < 4.78 is 20.2. The summed E-state index contributed by atoms with van der Waals surface area (Å²) in [5, 5.41) is 21.0. The SMILES string of the molecule is COc1cccc(F)c1-c1nccc(C(=O)Nc2ccc(-c3cnccc3C#N)cc2N2CCN(CC(=O)NCCNc3cccc4c3C(=O)N(C3CCC(=O)NC3=O)C4=O)CC2)n1. The molecule has 324 valence electrons. The molecule has 2 saturated heterocycles. The lowest BCUT2D eigenvalue weighted by atomic mass is 10.0. The van der Waals surface area contributed by atoms with Crippen LogP contribution in [0.25, 0.3) is 22.5 Å². The fourth-order valence-electron chi connectivity index (χ4n) is 7.94. The van der Waals surface area contributed by atoms with Gasteiger partial charge >= 0.3 is 0 Å². The van der Waals surface area contributed by atoms with Crippen LogP contribution in [-0.2, 0) is 14.4 Å².